The number of esters is 1. The maximum absolute atomic E-state index is 13.0. The first kappa shape index (κ1) is 27.5. The molecule has 0 amide bonds. The van der Waals surface area contributed by atoms with Crippen LogP contribution in [0.5, 0.6) is 0 Å². The van der Waals surface area contributed by atoms with E-state index < -0.39 is 30.4 Å². The molecule has 1 unspecified atom stereocenters. The van der Waals surface area contributed by atoms with Crippen molar-refractivity contribution in [2.24, 2.45) is 23.7 Å². The van der Waals surface area contributed by atoms with E-state index in [0.29, 0.717) is 19.3 Å². The molecular weight excluding hydrogens is 424 g/mol. The van der Waals surface area contributed by atoms with Gasteiger partial charge in [-0.25, -0.2) is 0 Å². The number of aliphatic hydroxyl groups is 3. The monoisotopic (exact) mass is 466 g/mol. The molecule has 0 aromatic heterocycles. The number of fused-ring (bicyclic) bond motifs is 1. The molecule has 0 saturated heterocycles. The summed E-state index contributed by atoms with van der Waals surface area (Å²) in [5, 5.41) is 39.4. The second-order valence-corrected chi connectivity index (χ2v) is 9.85. The summed E-state index contributed by atoms with van der Waals surface area (Å²) in [6.07, 6.45) is 7.43. The number of hydrogen-bond acceptors (Lipinski definition) is 6. The highest BCUT2D eigenvalue weighted by Crippen LogP contribution is 2.44. The van der Waals surface area contributed by atoms with Gasteiger partial charge < -0.3 is 25.2 Å². The van der Waals surface area contributed by atoms with Gasteiger partial charge in [-0.2, -0.15) is 0 Å². The van der Waals surface area contributed by atoms with Crippen LogP contribution in [0, 0.1) is 23.7 Å². The van der Waals surface area contributed by atoms with E-state index in [1.54, 1.807) is 0 Å². The van der Waals surface area contributed by atoms with E-state index in [9.17, 15) is 24.9 Å². The van der Waals surface area contributed by atoms with E-state index in [4.69, 9.17) is 9.84 Å². The highest BCUT2D eigenvalue weighted by atomic mass is 16.5. The Morgan fingerprint density at radius 3 is 2.39 bits per heavy atom. The van der Waals surface area contributed by atoms with Gasteiger partial charge in [0, 0.05) is 12.3 Å². The number of rotatable bonds is 13. The third-order valence-electron chi connectivity index (χ3n) is 7.04. The van der Waals surface area contributed by atoms with Gasteiger partial charge in [-0.3, -0.25) is 9.59 Å². The Labute approximate surface area is 197 Å². The number of carbonyl (C=O) groups excluding carboxylic acids is 1. The maximum atomic E-state index is 13.0. The number of ether oxygens (including phenoxy) is 1. The summed E-state index contributed by atoms with van der Waals surface area (Å²) < 4.78 is 6.05. The second-order valence-electron chi connectivity index (χ2n) is 9.85. The van der Waals surface area contributed by atoms with Crippen LogP contribution in [-0.4, -0.2) is 56.8 Å². The molecule has 7 heteroatoms. The molecule has 33 heavy (non-hydrogen) atoms. The van der Waals surface area contributed by atoms with Gasteiger partial charge in [-0.15, -0.1) is 0 Å². The van der Waals surface area contributed by atoms with Crippen LogP contribution in [0.2, 0.25) is 0 Å². The van der Waals surface area contributed by atoms with Crippen LogP contribution in [0.1, 0.15) is 78.6 Å². The van der Waals surface area contributed by atoms with Gasteiger partial charge in [0.05, 0.1) is 30.7 Å². The lowest BCUT2D eigenvalue weighted by Crippen LogP contribution is -2.43. The van der Waals surface area contributed by atoms with Gasteiger partial charge in [-0.1, -0.05) is 51.8 Å². The Morgan fingerprint density at radius 2 is 1.79 bits per heavy atom. The molecule has 0 spiro atoms. The number of aliphatic hydroxyl groups excluding tert-OH is 3. The molecule has 2 aliphatic carbocycles. The number of carboxylic acids is 1. The summed E-state index contributed by atoms with van der Waals surface area (Å²) in [6, 6.07) is 0. The van der Waals surface area contributed by atoms with E-state index in [1.165, 1.54) is 0 Å². The number of aliphatic carboxylic acids is 1. The van der Waals surface area contributed by atoms with Gasteiger partial charge in [0.15, 0.2) is 0 Å². The van der Waals surface area contributed by atoms with Gasteiger partial charge in [0.1, 0.15) is 6.10 Å². The lowest BCUT2D eigenvalue weighted by Gasteiger charge is -2.43. The van der Waals surface area contributed by atoms with Crippen LogP contribution < -0.4 is 0 Å². The van der Waals surface area contributed by atoms with E-state index in [0.717, 1.165) is 31.3 Å². The summed E-state index contributed by atoms with van der Waals surface area (Å²) in [7, 11) is 0. The van der Waals surface area contributed by atoms with Crippen molar-refractivity contribution in [3.05, 3.63) is 23.8 Å². The molecule has 4 N–H and O–H groups in total. The molecule has 2 rings (SSSR count). The molecule has 0 radical (unpaired) electrons. The number of carboxylic acid groups (broad SMARTS) is 1. The first-order valence-electron chi connectivity index (χ1n) is 12.5. The smallest absolute Gasteiger partial charge is 0.309 e. The molecule has 188 valence electrons. The molecule has 0 aromatic rings. The van der Waals surface area contributed by atoms with Crippen LogP contribution in [0.15, 0.2) is 23.8 Å². The fourth-order valence-corrected chi connectivity index (χ4v) is 5.41. The third kappa shape index (κ3) is 8.23. The molecule has 7 nitrogen and oxygen atoms in total. The molecule has 0 aliphatic heterocycles. The second kappa shape index (κ2) is 13.3. The van der Waals surface area contributed by atoms with Crippen molar-refractivity contribution in [3.63, 3.8) is 0 Å². The van der Waals surface area contributed by atoms with Crippen molar-refractivity contribution in [1.82, 2.24) is 0 Å². The maximum Gasteiger partial charge on any atom is 0.309 e. The fraction of sp³-hybridized carbons (Fsp3) is 0.769. The SMILES string of the molecule is CCCC(CCC)C(=O)O[C@H]1C[C@H](O)C=C2C=C[C@H](C)[C@H](CCC(O)C[C@@H](O)CC(=O)O)[C@H]21. The zero-order chi connectivity index (χ0) is 24.5. The standard InChI is InChI=1S/C26H42O7/c1-4-6-17(7-5-2)26(32)33-23-14-20(28)12-18-9-8-16(3)22(25(18)23)11-10-19(27)13-21(29)15-24(30)31/h8-9,12,16-17,19-23,25,27-29H,4-7,10-11,13-15H2,1-3H3,(H,30,31)/t16-,19?,20+,21+,22-,23-,25-/m0/s1. The van der Waals surface area contributed by atoms with Crippen molar-refractivity contribution < 1.29 is 34.8 Å². The van der Waals surface area contributed by atoms with E-state index >= 15 is 0 Å². The minimum absolute atomic E-state index is 0.0173. The predicted molar refractivity (Wildman–Crippen MR) is 125 cm³/mol. The summed E-state index contributed by atoms with van der Waals surface area (Å²) >= 11 is 0. The normalized spacial score (nSPS) is 28.7. The highest BCUT2D eigenvalue weighted by Gasteiger charge is 2.42. The summed E-state index contributed by atoms with van der Waals surface area (Å²) in [5.41, 5.74) is 0.970. The Bertz CT molecular complexity index is 695. The zero-order valence-electron chi connectivity index (χ0n) is 20.2. The van der Waals surface area contributed by atoms with Gasteiger partial charge in [-0.05, 0) is 49.5 Å². The van der Waals surface area contributed by atoms with Crippen LogP contribution in [0.4, 0.5) is 0 Å². The van der Waals surface area contributed by atoms with Crippen molar-refractivity contribution in [2.45, 2.75) is 103 Å². The third-order valence-corrected chi connectivity index (χ3v) is 7.04. The van der Waals surface area contributed by atoms with Gasteiger partial charge >= 0.3 is 11.9 Å². The number of carbonyl (C=O) groups is 2. The minimum Gasteiger partial charge on any atom is -0.481 e. The van der Waals surface area contributed by atoms with Gasteiger partial charge in [0.25, 0.3) is 0 Å². The van der Waals surface area contributed by atoms with Crippen molar-refractivity contribution >= 4 is 11.9 Å². The summed E-state index contributed by atoms with van der Waals surface area (Å²) in [4.78, 5) is 23.7. The van der Waals surface area contributed by atoms with E-state index in [2.05, 4.69) is 26.8 Å². The lowest BCUT2D eigenvalue weighted by atomic mass is 9.66. The fourth-order valence-electron chi connectivity index (χ4n) is 5.41. The minimum atomic E-state index is -1.09. The van der Waals surface area contributed by atoms with E-state index in [1.807, 2.05) is 12.2 Å². The van der Waals surface area contributed by atoms with Crippen LogP contribution in [0.25, 0.3) is 0 Å². The molecule has 7 atom stereocenters. The Kier molecular flexibility index (Phi) is 11.1. The molecular formula is C26H42O7. The topological polar surface area (TPSA) is 124 Å². The first-order chi connectivity index (χ1) is 15.7. The Balaban J connectivity index is 2.11. The average molecular weight is 467 g/mol. The molecule has 0 fully saturated rings. The lowest BCUT2D eigenvalue weighted by molar-refractivity contribution is -0.160. The first-order valence-corrected chi connectivity index (χ1v) is 12.5. The quantitative estimate of drug-likeness (QED) is 0.306. The van der Waals surface area contributed by atoms with E-state index in [-0.39, 0.29) is 42.5 Å². The summed E-state index contributed by atoms with van der Waals surface area (Å²) in [5.74, 6) is -1.16. The Hall–Kier alpha value is -1.70. The van der Waals surface area contributed by atoms with Gasteiger partial charge in [0.2, 0.25) is 0 Å². The van der Waals surface area contributed by atoms with Crippen LogP contribution in [0.3, 0.4) is 0 Å². The van der Waals surface area contributed by atoms with Crippen molar-refractivity contribution in [3.8, 4) is 0 Å². The van der Waals surface area contributed by atoms with Crippen molar-refractivity contribution in [1.29, 1.82) is 0 Å². The molecule has 0 aromatic carbocycles. The average Bonchev–Trinajstić information content (AvgIpc) is 2.72. The summed E-state index contributed by atoms with van der Waals surface area (Å²) in [6.45, 7) is 6.22. The zero-order valence-corrected chi connectivity index (χ0v) is 20.2. The number of allylic oxidation sites excluding steroid dienone is 2. The van der Waals surface area contributed by atoms with Crippen LogP contribution in [-0.2, 0) is 14.3 Å². The predicted octanol–water partition coefficient (Wildman–Crippen LogP) is 3.61. The van der Waals surface area contributed by atoms with Crippen LogP contribution >= 0.6 is 0 Å². The molecule has 0 bridgehead atoms. The molecule has 0 saturated carbocycles. The Morgan fingerprint density at radius 1 is 1.12 bits per heavy atom. The molecule has 2 aliphatic rings. The van der Waals surface area contributed by atoms with Crippen molar-refractivity contribution in [2.75, 3.05) is 0 Å². The highest BCUT2D eigenvalue weighted by molar-refractivity contribution is 5.72. The molecule has 0 heterocycles. The number of hydrogen-bond donors (Lipinski definition) is 4. The largest absolute Gasteiger partial charge is 0.481 e.